The van der Waals surface area contributed by atoms with Crippen LogP contribution in [0.2, 0.25) is 15.1 Å². The van der Waals surface area contributed by atoms with Crippen LogP contribution in [0.1, 0.15) is 109 Å². The van der Waals surface area contributed by atoms with Crippen LogP contribution >= 0.6 is 46.1 Å². The van der Waals surface area contributed by atoms with Crippen LogP contribution in [0.4, 0.5) is 49.9 Å². The number of aryl methyl sites for hydroxylation is 5. The maximum absolute atomic E-state index is 13.2. The number of hydrogen-bond donors (Lipinski definition) is 6. The molecule has 6 amide bonds. The number of hydrogen-bond acceptors (Lipinski definition) is 23. The molecule has 18 aromatic rings. The van der Waals surface area contributed by atoms with Crippen LogP contribution < -0.4 is 60.5 Å². The summed E-state index contributed by atoms with van der Waals surface area (Å²) in [6, 6.07) is 85.1. The number of carbonyl (C=O) groups excluding carboxylic acids is 6. The van der Waals surface area contributed by atoms with Crippen molar-refractivity contribution in [3.05, 3.63) is 470 Å². The van der Waals surface area contributed by atoms with Crippen LogP contribution in [-0.4, -0.2) is 87.3 Å². The zero-order chi connectivity index (χ0) is 102. The number of nitrogens with zero attached hydrogens (tertiary/aromatic N) is 11. The van der Waals surface area contributed by atoms with Crippen LogP contribution in [0.15, 0.2) is 377 Å². The second-order valence-electron chi connectivity index (χ2n) is 31.3. The van der Waals surface area contributed by atoms with Crippen LogP contribution in [0.25, 0.3) is 0 Å². The Hall–Kier alpha value is -18.7. The molecule has 0 aliphatic carbocycles. The number of thiazole rings is 1. The van der Waals surface area contributed by atoms with Gasteiger partial charge in [0.15, 0.2) is 5.75 Å². The number of carbonyl (C=O) groups is 6. The smallest absolute Gasteiger partial charge is 0.275 e. The van der Waals surface area contributed by atoms with E-state index in [9.17, 15) is 38.4 Å². The first-order valence-corrected chi connectivity index (χ1v) is 46.0. The summed E-state index contributed by atoms with van der Waals surface area (Å²) < 4.78 is 41.5. The molecule has 7 aromatic heterocycles. The van der Waals surface area contributed by atoms with Crippen molar-refractivity contribution in [3.63, 3.8) is 0 Å². The van der Waals surface area contributed by atoms with Crippen LogP contribution in [0.3, 0.4) is 0 Å². The fourth-order valence-electron chi connectivity index (χ4n) is 13.1. The van der Waals surface area contributed by atoms with Gasteiger partial charge in [0.25, 0.3) is 35.4 Å². The monoisotopic (exact) mass is 2020 g/mol. The van der Waals surface area contributed by atoms with Crippen molar-refractivity contribution in [2.75, 3.05) is 43.8 Å². The maximum Gasteiger partial charge on any atom is 0.275 e. The van der Waals surface area contributed by atoms with Crippen molar-refractivity contribution in [1.82, 2.24) is 44.9 Å². The molecule has 0 fully saturated rings. The van der Waals surface area contributed by atoms with Gasteiger partial charge in [-0.3, -0.25) is 48.7 Å². The van der Waals surface area contributed by atoms with Gasteiger partial charge in [-0.1, -0.05) is 143 Å². The largest absolute Gasteiger partial charge is 0.456 e. The second-order valence-corrected chi connectivity index (χ2v) is 33.3. The Morgan fingerprint density at radius 2 is 0.788 bits per heavy atom. The highest BCUT2D eigenvalue weighted by Gasteiger charge is 2.18. The van der Waals surface area contributed by atoms with E-state index >= 15 is 0 Å². The first-order valence-electron chi connectivity index (χ1n) is 43.9. The molecule has 33 heteroatoms. The average molecular weight is 2020 g/mol. The molecule has 11 aromatic carbocycles. The Kier molecular flexibility index (Phi) is 39.0. The molecule has 0 bridgehead atoms. The predicted molar refractivity (Wildman–Crippen MR) is 568 cm³/mol. The first-order chi connectivity index (χ1) is 70.2. The molecule has 0 aliphatic heterocycles. The fourth-order valence-corrected chi connectivity index (χ4v) is 14.2. The average Bonchev–Trinajstić information content (AvgIpc) is 1.18. The van der Waals surface area contributed by atoms with Gasteiger partial charge < -0.3 is 60.5 Å². The van der Waals surface area contributed by atoms with E-state index in [1.165, 1.54) is 54.8 Å². The van der Waals surface area contributed by atoms with Gasteiger partial charge in [0.05, 0.1) is 94.3 Å². The van der Waals surface area contributed by atoms with E-state index in [1.54, 1.807) is 200 Å². The molecule has 28 nitrogen and oxygen atoms in total. The van der Waals surface area contributed by atoms with E-state index < -0.39 is 5.82 Å². The Balaban J connectivity index is 0.000000156. The molecule has 7 heterocycles. The SMILES string of the molecule is C.C#Cc1cccc(C(=O)Nc2cc(C#N)cc(Oc3cncnc3)c2)c1.Cc1cccc(C(=O)Nc2cc(Cl)cc(Oc3cncc(F)c3)c2)c1.Cc1cccc(C(=O)Nc2cc(N(C)c3cncnc3)ccc2Cl)c1.Cc1cccc(C(=O)Nc2cccc(Oc3ccc(C)nc3)c2)c1.Cc1cccc(C(=O)Nc2cccc(Oc3cncc(Cl)c3)c2)c1.O=C(Nc1cccc(Oc2cccnc2)c1)c1cscn1. The van der Waals surface area contributed by atoms with Gasteiger partial charge in [0.2, 0.25) is 0 Å². The number of nitriles is 1. The van der Waals surface area contributed by atoms with Gasteiger partial charge in [-0.05, 0) is 204 Å². The number of aromatic nitrogens is 9. The summed E-state index contributed by atoms with van der Waals surface area (Å²) in [4.78, 5) is 111. The first kappa shape index (κ1) is 106. The number of anilines is 8. The molecule has 0 aliphatic rings. The van der Waals surface area contributed by atoms with Gasteiger partial charge in [0, 0.05) is 146 Å². The predicted octanol–water partition coefficient (Wildman–Crippen LogP) is 27.1. The lowest BCUT2D eigenvalue weighted by molar-refractivity contribution is 0.101. The van der Waals surface area contributed by atoms with E-state index in [1.807, 2.05) is 180 Å². The van der Waals surface area contributed by atoms with E-state index in [0.29, 0.717) is 146 Å². The summed E-state index contributed by atoms with van der Waals surface area (Å²) in [7, 11) is 1.90. The number of nitrogens with one attached hydrogen (secondary N) is 6. The summed E-state index contributed by atoms with van der Waals surface area (Å²) in [6.07, 6.45) is 25.2. The summed E-state index contributed by atoms with van der Waals surface area (Å²) >= 11 is 19.6. The van der Waals surface area contributed by atoms with Gasteiger partial charge in [-0.25, -0.2) is 29.3 Å². The summed E-state index contributed by atoms with van der Waals surface area (Å²) in [5.41, 5.74) is 15.9. The number of rotatable bonds is 24. The van der Waals surface area contributed by atoms with Gasteiger partial charge in [0.1, 0.15) is 75.9 Å². The van der Waals surface area contributed by atoms with Crippen molar-refractivity contribution in [2.45, 2.75) is 42.0 Å². The molecule has 18 rings (SSSR count). The van der Waals surface area contributed by atoms with Crippen LogP contribution in [-0.2, 0) is 0 Å². The van der Waals surface area contributed by atoms with Crippen molar-refractivity contribution in [2.24, 2.45) is 0 Å². The van der Waals surface area contributed by atoms with Crippen molar-refractivity contribution in [3.8, 4) is 75.9 Å². The molecule has 0 unspecified atom stereocenters. The molecule has 146 heavy (non-hydrogen) atoms. The molecule has 0 spiro atoms. The third kappa shape index (κ3) is 33.8. The normalized spacial score (nSPS) is 10.1. The van der Waals surface area contributed by atoms with Crippen molar-refractivity contribution in [1.29, 1.82) is 5.26 Å². The molecule has 0 atom stereocenters. The number of pyridine rings is 4. The van der Waals surface area contributed by atoms with E-state index in [0.717, 1.165) is 45.5 Å². The second kappa shape index (κ2) is 53.6. The van der Waals surface area contributed by atoms with E-state index in [-0.39, 0.29) is 48.6 Å². The summed E-state index contributed by atoms with van der Waals surface area (Å²) in [5.74, 6) is 5.70. The lowest BCUT2D eigenvalue weighted by Crippen LogP contribution is -2.14. The highest BCUT2D eigenvalue weighted by atomic mass is 35.5. The molecule has 728 valence electrons. The Morgan fingerprint density at radius 3 is 1.28 bits per heavy atom. The lowest BCUT2D eigenvalue weighted by Gasteiger charge is -2.20. The molecular weight excluding hydrogens is 1930 g/mol. The third-order valence-corrected chi connectivity index (χ3v) is 21.2. The van der Waals surface area contributed by atoms with Crippen molar-refractivity contribution >= 4 is 127 Å². The molecular formula is C113H91Cl3FN17O11S. The topological polar surface area (TPSA) is 364 Å². The zero-order valence-corrected chi connectivity index (χ0v) is 81.3. The number of amides is 6. The molecule has 0 radical (unpaired) electrons. The highest BCUT2D eigenvalue weighted by Crippen LogP contribution is 2.35. The standard InChI is InChI=1S/C20H12N4O2.C20H18N2O2.C19H14ClFN2O2.C19H17ClN4O.C19H15ClN2O2.C15H11N3O2S.CH4/c1-2-14-4-3-5-16(6-14)20(25)24-17-7-15(10-21)8-18(9-17)26-19-11-22-13-23-12-19;1-14-5-3-6-16(11-14)20(23)22-17-7-4-8-18(12-17)24-19-10-9-15(2)21-13-19;1-12-3-2-4-13(5-12)19(24)23-16-6-14(20)7-17(9-16)25-18-8-15(21)10-22-11-18;1-13-4-3-5-14(8-13)19(25)23-18-9-15(6-7-17(18)20)24(2)16-10-21-12-22-11-16;1-13-4-2-5-14(8-13)19(23)22-16-6-3-7-17(10-16)24-18-9-15(20)11-21-12-18;19-15(14-9-21-10-17-14)18-11-3-1-4-12(7-11)20-13-5-2-6-16-8-13;/h1,3-9,11-13H,(H,24,25);3-13H,1-2H3,(H,22,23);2-11H,1H3,(H,23,24);3-12H,1-2H3,(H,23,25);2-12H,1H3,(H,22,23);1-10H,(H,18,19);1H4. The highest BCUT2D eigenvalue weighted by molar-refractivity contribution is 7.07. The van der Waals surface area contributed by atoms with E-state index in [4.69, 9.17) is 64.9 Å². The quantitative estimate of drug-likeness (QED) is 0.0306. The molecule has 0 saturated heterocycles. The summed E-state index contributed by atoms with van der Waals surface area (Å²) in [6.45, 7) is 9.69. The number of benzene rings is 11. The zero-order valence-electron chi connectivity index (χ0n) is 78.2. The van der Waals surface area contributed by atoms with Gasteiger partial charge in [-0.2, -0.15) is 5.26 Å². The number of terminal acetylenes is 1. The van der Waals surface area contributed by atoms with Crippen molar-refractivity contribution < 1.29 is 56.8 Å². The van der Waals surface area contributed by atoms with Crippen LogP contribution in [0, 0.1) is 64.1 Å². The minimum Gasteiger partial charge on any atom is -0.456 e. The number of halogens is 4. The third-order valence-electron chi connectivity index (χ3n) is 19.9. The molecule has 6 N–H and O–H groups in total. The Bertz CT molecular complexity index is 7650. The number of ether oxygens (including phenoxy) is 5. The minimum atomic E-state index is -0.507. The van der Waals surface area contributed by atoms with Gasteiger partial charge >= 0.3 is 0 Å². The van der Waals surface area contributed by atoms with Crippen LogP contribution in [0.5, 0.6) is 57.5 Å². The van der Waals surface area contributed by atoms with E-state index in [2.05, 4.69) is 82.7 Å². The Morgan fingerprint density at radius 1 is 0.356 bits per heavy atom. The molecule has 0 saturated carbocycles. The minimum absolute atomic E-state index is 0. The Labute approximate surface area is 860 Å². The van der Waals surface area contributed by atoms with Gasteiger partial charge in [-0.15, -0.1) is 17.8 Å². The lowest BCUT2D eigenvalue weighted by atomic mass is 10.1. The fraction of sp³-hybridized carbons (Fsp3) is 0.0619. The maximum atomic E-state index is 13.2. The summed E-state index contributed by atoms with van der Waals surface area (Å²) in [5, 5.41) is 29.2.